The molecule has 0 saturated carbocycles. The van der Waals surface area contributed by atoms with E-state index in [0.717, 1.165) is 17.7 Å². The van der Waals surface area contributed by atoms with Gasteiger partial charge in [0, 0.05) is 12.1 Å². The van der Waals surface area contributed by atoms with Crippen LogP contribution in [-0.4, -0.2) is 45.5 Å². The van der Waals surface area contributed by atoms with Crippen LogP contribution in [-0.2, 0) is 27.4 Å². The van der Waals surface area contributed by atoms with Crippen molar-refractivity contribution in [1.29, 1.82) is 0 Å². The van der Waals surface area contributed by atoms with Crippen molar-refractivity contribution < 1.29 is 19.1 Å². The summed E-state index contributed by atoms with van der Waals surface area (Å²) >= 11 is 0. The molecule has 1 saturated heterocycles. The molecule has 1 fully saturated rings. The lowest BCUT2D eigenvalue weighted by Gasteiger charge is -2.32. The molecule has 132 valence electrons. The summed E-state index contributed by atoms with van der Waals surface area (Å²) in [6, 6.07) is 0. The zero-order valence-corrected chi connectivity index (χ0v) is 14.7. The fourth-order valence-electron chi connectivity index (χ4n) is 3.18. The van der Waals surface area contributed by atoms with E-state index in [9.17, 15) is 9.59 Å². The normalized spacial score (nSPS) is 24.3. The maximum absolute atomic E-state index is 12.3. The molecule has 1 amide bonds. The SMILES string of the molecule is CC1COC(=O)C(c2cnn3c2CN(C(=O)OC(C)(C)C)CC3)C1. The molecule has 3 rings (SSSR count). The van der Waals surface area contributed by atoms with Crippen molar-refractivity contribution in [3.63, 3.8) is 0 Å². The third-order valence-corrected chi connectivity index (χ3v) is 4.36. The van der Waals surface area contributed by atoms with Gasteiger partial charge < -0.3 is 14.4 Å². The summed E-state index contributed by atoms with van der Waals surface area (Å²) in [4.78, 5) is 26.2. The van der Waals surface area contributed by atoms with Crippen molar-refractivity contribution in [3.05, 3.63) is 17.5 Å². The van der Waals surface area contributed by atoms with Gasteiger partial charge in [0.2, 0.25) is 0 Å². The van der Waals surface area contributed by atoms with E-state index in [-0.39, 0.29) is 18.0 Å². The molecule has 2 aliphatic heterocycles. The number of hydrogen-bond donors (Lipinski definition) is 0. The molecule has 0 N–H and O–H groups in total. The maximum atomic E-state index is 12.3. The van der Waals surface area contributed by atoms with Crippen LogP contribution in [0, 0.1) is 5.92 Å². The standard InChI is InChI=1S/C17H25N3O4/c1-11-7-12(15(21)23-10-11)13-8-18-20-6-5-19(9-14(13)20)16(22)24-17(2,3)4/h8,11-12H,5-7,9-10H2,1-4H3. The molecule has 2 unspecified atom stereocenters. The lowest BCUT2D eigenvalue weighted by molar-refractivity contribution is -0.151. The average molecular weight is 335 g/mol. The van der Waals surface area contributed by atoms with Crippen molar-refractivity contribution in [2.45, 2.75) is 58.7 Å². The van der Waals surface area contributed by atoms with Gasteiger partial charge in [0.1, 0.15) is 5.60 Å². The summed E-state index contributed by atoms with van der Waals surface area (Å²) in [6.45, 7) is 9.66. The van der Waals surface area contributed by atoms with Gasteiger partial charge >= 0.3 is 12.1 Å². The van der Waals surface area contributed by atoms with Crippen LogP contribution in [0.5, 0.6) is 0 Å². The van der Waals surface area contributed by atoms with Gasteiger partial charge in [-0.2, -0.15) is 5.10 Å². The highest BCUT2D eigenvalue weighted by atomic mass is 16.6. The first-order valence-corrected chi connectivity index (χ1v) is 8.44. The number of carbonyl (C=O) groups excluding carboxylic acids is 2. The number of amides is 1. The largest absolute Gasteiger partial charge is 0.465 e. The summed E-state index contributed by atoms with van der Waals surface area (Å²) in [5.74, 6) is -0.164. The van der Waals surface area contributed by atoms with Gasteiger partial charge in [-0.15, -0.1) is 0 Å². The fraction of sp³-hybridized carbons (Fsp3) is 0.706. The number of aromatic nitrogens is 2. The minimum Gasteiger partial charge on any atom is -0.465 e. The number of cyclic esters (lactones) is 1. The van der Waals surface area contributed by atoms with E-state index >= 15 is 0 Å². The first kappa shape index (κ1) is 16.8. The summed E-state index contributed by atoms with van der Waals surface area (Å²) in [7, 11) is 0. The molecule has 0 spiro atoms. The molecule has 0 aliphatic carbocycles. The Bertz CT molecular complexity index is 647. The first-order valence-electron chi connectivity index (χ1n) is 8.44. The molecule has 2 atom stereocenters. The van der Waals surface area contributed by atoms with Crippen molar-refractivity contribution in [2.75, 3.05) is 13.2 Å². The minimum absolute atomic E-state index is 0.196. The summed E-state index contributed by atoms with van der Waals surface area (Å²) in [5, 5.41) is 4.39. The summed E-state index contributed by atoms with van der Waals surface area (Å²) < 4.78 is 12.6. The van der Waals surface area contributed by atoms with Crippen LogP contribution in [0.25, 0.3) is 0 Å². The van der Waals surface area contributed by atoms with Crippen LogP contribution in [0.1, 0.15) is 51.3 Å². The topological polar surface area (TPSA) is 73.7 Å². The minimum atomic E-state index is -0.528. The Morgan fingerprint density at radius 1 is 1.38 bits per heavy atom. The second-order valence-corrected chi connectivity index (χ2v) is 7.70. The second kappa shape index (κ2) is 6.11. The number of fused-ring (bicyclic) bond motifs is 1. The molecule has 2 aliphatic rings. The zero-order chi connectivity index (χ0) is 17.5. The number of rotatable bonds is 1. The summed E-state index contributed by atoms with van der Waals surface area (Å²) in [6.07, 6.45) is 2.17. The van der Waals surface area contributed by atoms with Gasteiger partial charge in [0.15, 0.2) is 0 Å². The lowest BCUT2D eigenvalue weighted by Crippen LogP contribution is -2.42. The highest BCUT2D eigenvalue weighted by Crippen LogP contribution is 2.33. The molecule has 24 heavy (non-hydrogen) atoms. The Labute approximate surface area is 141 Å². The van der Waals surface area contributed by atoms with Crippen molar-refractivity contribution in [3.8, 4) is 0 Å². The maximum Gasteiger partial charge on any atom is 0.410 e. The summed E-state index contributed by atoms with van der Waals surface area (Å²) in [5.41, 5.74) is 1.25. The molecular formula is C17H25N3O4. The fourth-order valence-corrected chi connectivity index (χ4v) is 3.18. The van der Waals surface area contributed by atoms with Crippen molar-refractivity contribution in [2.24, 2.45) is 5.92 Å². The van der Waals surface area contributed by atoms with Crippen LogP contribution < -0.4 is 0 Å². The molecular weight excluding hydrogens is 310 g/mol. The van der Waals surface area contributed by atoms with Crippen LogP contribution >= 0.6 is 0 Å². The molecule has 1 aromatic rings. The van der Waals surface area contributed by atoms with Crippen LogP contribution in [0.4, 0.5) is 4.79 Å². The predicted octanol–water partition coefficient (Wildman–Crippen LogP) is 2.30. The van der Waals surface area contributed by atoms with Gasteiger partial charge in [0.05, 0.1) is 37.5 Å². The second-order valence-electron chi connectivity index (χ2n) is 7.70. The highest BCUT2D eigenvalue weighted by Gasteiger charge is 2.35. The van der Waals surface area contributed by atoms with Crippen molar-refractivity contribution in [1.82, 2.24) is 14.7 Å². The monoisotopic (exact) mass is 335 g/mol. The molecule has 7 nitrogen and oxygen atoms in total. The van der Waals surface area contributed by atoms with E-state index in [0.29, 0.717) is 32.2 Å². The quantitative estimate of drug-likeness (QED) is 0.736. The number of ether oxygens (including phenoxy) is 2. The molecule has 3 heterocycles. The van der Waals surface area contributed by atoms with Gasteiger partial charge in [0.25, 0.3) is 0 Å². The van der Waals surface area contributed by atoms with Crippen LogP contribution in [0.15, 0.2) is 6.20 Å². The van der Waals surface area contributed by atoms with E-state index in [2.05, 4.69) is 12.0 Å². The Morgan fingerprint density at radius 2 is 2.12 bits per heavy atom. The van der Waals surface area contributed by atoms with E-state index in [1.54, 1.807) is 11.1 Å². The molecule has 0 radical (unpaired) electrons. The Balaban J connectivity index is 1.80. The van der Waals surface area contributed by atoms with Gasteiger partial charge in [-0.05, 0) is 33.1 Å². The molecule has 0 bridgehead atoms. The number of carbonyl (C=O) groups is 2. The Kier molecular flexibility index (Phi) is 4.27. The van der Waals surface area contributed by atoms with Crippen LogP contribution in [0.3, 0.4) is 0 Å². The Morgan fingerprint density at radius 3 is 2.83 bits per heavy atom. The molecule has 0 aromatic carbocycles. The van der Waals surface area contributed by atoms with E-state index < -0.39 is 5.60 Å². The van der Waals surface area contributed by atoms with Gasteiger partial charge in [-0.25, -0.2) is 4.79 Å². The van der Waals surface area contributed by atoms with Gasteiger partial charge in [-0.3, -0.25) is 9.48 Å². The predicted molar refractivity (Wildman–Crippen MR) is 86.4 cm³/mol. The van der Waals surface area contributed by atoms with E-state index in [4.69, 9.17) is 9.47 Å². The van der Waals surface area contributed by atoms with E-state index in [1.165, 1.54) is 0 Å². The lowest BCUT2D eigenvalue weighted by atomic mass is 9.88. The number of hydrogen-bond acceptors (Lipinski definition) is 5. The van der Waals surface area contributed by atoms with Crippen molar-refractivity contribution >= 4 is 12.1 Å². The number of esters is 1. The highest BCUT2D eigenvalue weighted by molar-refractivity contribution is 5.79. The average Bonchev–Trinajstić information content (AvgIpc) is 2.91. The van der Waals surface area contributed by atoms with Crippen LogP contribution in [0.2, 0.25) is 0 Å². The third-order valence-electron chi connectivity index (χ3n) is 4.36. The zero-order valence-electron chi connectivity index (χ0n) is 14.7. The van der Waals surface area contributed by atoms with E-state index in [1.807, 2.05) is 25.5 Å². The smallest absolute Gasteiger partial charge is 0.410 e. The first-order chi connectivity index (χ1) is 11.2. The Hall–Kier alpha value is -2.05. The third kappa shape index (κ3) is 3.39. The molecule has 7 heteroatoms. The van der Waals surface area contributed by atoms with Gasteiger partial charge in [-0.1, -0.05) is 6.92 Å². The molecule has 1 aromatic heterocycles. The number of nitrogens with zero attached hydrogens (tertiary/aromatic N) is 3.